The van der Waals surface area contributed by atoms with E-state index in [2.05, 4.69) is 4.90 Å². The standard InChI is InChI=1S/C14H23NO2/c16-14-10-5-11-8-15(13(14)12(11)6-10)7-9-1-3-17-4-2-9/h9-14,16H,1-8H2. The van der Waals surface area contributed by atoms with Crippen molar-refractivity contribution in [1.82, 2.24) is 4.90 Å². The summed E-state index contributed by atoms with van der Waals surface area (Å²) in [6, 6.07) is 0.515. The lowest BCUT2D eigenvalue weighted by Gasteiger charge is -2.32. The first-order chi connectivity index (χ1) is 8.33. The molecule has 0 spiro atoms. The summed E-state index contributed by atoms with van der Waals surface area (Å²) in [4.78, 5) is 2.63. The highest BCUT2D eigenvalue weighted by Gasteiger charge is 2.58. The summed E-state index contributed by atoms with van der Waals surface area (Å²) in [6.07, 6.45) is 5.03. The van der Waals surface area contributed by atoms with Crippen LogP contribution in [-0.2, 0) is 4.74 Å². The molecule has 0 amide bonds. The monoisotopic (exact) mass is 237 g/mol. The summed E-state index contributed by atoms with van der Waals surface area (Å²) < 4.78 is 5.43. The van der Waals surface area contributed by atoms with Gasteiger partial charge in [0.1, 0.15) is 0 Å². The maximum Gasteiger partial charge on any atom is 0.0726 e. The van der Waals surface area contributed by atoms with Gasteiger partial charge in [-0.15, -0.1) is 0 Å². The Labute approximate surface area is 103 Å². The first-order valence-electron chi connectivity index (χ1n) is 7.33. The molecule has 17 heavy (non-hydrogen) atoms. The smallest absolute Gasteiger partial charge is 0.0726 e. The summed E-state index contributed by atoms with van der Waals surface area (Å²) >= 11 is 0. The maximum absolute atomic E-state index is 10.3. The molecule has 4 rings (SSSR count). The molecule has 5 unspecified atom stereocenters. The molecule has 2 heterocycles. The molecule has 4 fully saturated rings. The lowest BCUT2D eigenvalue weighted by atomic mass is 9.88. The molecule has 2 saturated heterocycles. The number of likely N-dealkylation sites (tertiary alicyclic amines) is 1. The lowest BCUT2D eigenvalue weighted by Crippen LogP contribution is -2.43. The largest absolute Gasteiger partial charge is 0.391 e. The van der Waals surface area contributed by atoms with E-state index in [9.17, 15) is 5.11 Å². The third kappa shape index (κ3) is 1.59. The molecule has 0 aromatic heterocycles. The Morgan fingerprint density at radius 3 is 2.71 bits per heavy atom. The van der Waals surface area contributed by atoms with Crippen molar-refractivity contribution < 1.29 is 9.84 Å². The van der Waals surface area contributed by atoms with Crippen LogP contribution in [0.3, 0.4) is 0 Å². The zero-order valence-electron chi connectivity index (χ0n) is 10.4. The van der Waals surface area contributed by atoms with Crippen LogP contribution in [0.25, 0.3) is 0 Å². The molecule has 2 aliphatic carbocycles. The van der Waals surface area contributed by atoms with Gasteiger partial charge in [0.05, 0.1) is 6.10 Å². The van der Waals surface area contributed by atoms with Gasteiger partial charge in [-0.3, -0.25) is 4.90 Å². The molecule has 96 valence electrons. The zero-order chi connectivity index (χ0) is 11.4. The van der Waals surface area contributed by atoms with Gasteiger partial charge in [-0.05, 0) is 49.4 Å². The van der Waals surface area contributed by atoms with Gasteiger partial charge < -0.3 is 9.84 Å². The summed E-state index contributed by atoms with van der Waals surface area (Å²) in [5, 5.41) is 10.3. The fraction of sp³-hybridized carbons (Fsp3) is 1.00. The van der Waals surface area contributed by atoms with Crippen molar-refractivity contribution in [2.24, 2.45) is 23.7 Å². The van der Waals surface area contributed by atoms with E-state index in [1.807, 2.05) is 0 Å². The topological polar surface area (TPSA) is 32.7 Å². The highest BCUT2D eigenvalue weighted by Crippen LogP contribution is 2.55. The first kappa shape index (κ1) is 10.8. The number of ether oxygens (including phenoxy) is 1. The van der Waals surface area contributed by atoms with E-state index < -0.39 is 0 Å². The van der Waals surface area contributed by atoms with Crippen LogP contribution < -0.4 is 0 Å². The number of nitrogens with zero attached hydrogens (tertiary/aromatic N) is 1. The normalized spacial score (nSPS) is 50.3. The summed E-state index contributed by atoms with van der Waals surface area (Å²) in [5.41, 5.74) is 0. The number of fused-ring (bicyclic) bond motifs is 1. The molecule has 2 bridgehead atoms. The third-order valence-corrected chi connectivity index (χ3v) is 5.78. The first-order valence-corrected chi connectivity index (χ1v) is 7.33. The molecule has 0 aromatic rings. The predicted octanol–water partition coefficient (Wildman–Crippen LogP) is 1.11. The van der Waals surface area contributed by atoms with Gasteiger partial charge in [0.15, 0.2) is 0 Å². The fourth-order valence-corrected chi connectivity index (χ4v) is 5.01. The molecule has 1 N–H and O–H groups in total. The quantitative estimate of drug-likeness (QED) is 0.781. The third-order valence-electron chi connectivity index (χ3n) is 5.78. The van der Waals surface area contributed by atoms with Crippen molar-refractivity contribution in [3.05, 3.63) is 0 Å². The Bertz CT molecular complexity index is 301. The van der Waals surface area contributed by atoms with Crippen LogP contribution >= 0.6 is 0 Å². The van der Waals surface area contributed by atoms with Gasteiger partial charge in [-0.2, -0.15) is 0 Å². The van der Waals surface area contributed by atoms with Crippen molar-refractivity contribution in [2.75, 3.05) is 26.3 Å². The number of hydrogen-bond acceptors (Lipinski definition) is 3. The van der Waals surface area contributed by atoms with Gasteiger partial charge in [0.25, 0.3) is 0 Å². The Balaban J connectivity index is 1.45. The number of rotatable bonds is 2. The second kappa shape index (κ2) is 3.94. The molecule has 4 aliphatic rings. The van der Waals surface area contributed by atoms with Gasteiger partial charge in [0.2, 0.25) is 0 Å². The highest BCUT2D eigenvalue weighted by atomic mass is 16.5. The molecule has 0 aromatic carbocycles. The molecule has 0 radical (unpaired) electrons. The Morgan fingerprint density at radius 1 is 1.12 bits per heavy atom. The number of aliphatic hydroxyl groups excluding tert-OH is 1. The Hall–Kier alpha value is -0.120. The van der Waals surface area contributed by atoms with E-state index >= 15 is 0 Å². The van der Waals surface area contributed by atoms with Crippen LogP contribution in [0, 0.1) is 23.7 Å². The zero-order valence-corrected chi connectivity index (χ0v) is 10.4. The second-order valence-corrected chi connectivity index (χ2v) is 6.65. The molecular formula is C14H23NO2. The fourth-order valence-electron chi connectivity index (χ4n) is 5.01. The van der Waals surface area contributed by atoms with E-state index in [-0.39, 0.29) is 6.10 Å². The van der Waals surface area contributed by atoms with E-state index in [1.54, 1.807) is 0 Å². The second-order valence-electron chi connectivity index (χ2n) is 6.65. The molecule has 3 heteroatoms. The summed E-state index contributed by atoms with van der Waals surface area (Å²) in [6.45, 7) is 4.37. The van der Waals surface area contributed by atoms with Gasteiger partial charge in [-0.1, -0.05) is 0 Å². The minimum atomic E-state index is -0.0152. The minimum Gasteiger partial charge on any atom is -0.391 e. The van der Waals surface area contributed by atoms with Gasteiger partial charge in [-0.25, -0.2) is 0 Å². The van der Waals surface area contributed by atoms with Crippen LogP contribution in [0.5, 0.6) is 0 Å². The maximum atomic E-state index is 10.3. The molecule has 5 atom stereocenters. The average Bonchev–Trinajstić information content (AvgIpc) is 2.92. The average molecular weight is 237 g/mol. The van der Waals surface area contributed by atoms with Crippen molar-refractivity contribution in [2.45, 2.75) is 37.8 Å². The van der Waals surface area contributed by atoms with Crippen LogP contribution in [0.1, 0.15) is 25.7 Å². The molecule has 2 aliphatic heterocycles. The summed E-state index contributed by atoms with van der Waals surface area (Å²) in [5.74, 6) is 3.19. The van der Waals surface area contributed by atoms with Gasteiger partial charge >= 0.3 is 0 Å². The minimum absolute atomic E-state index is 0.0152. The van der Waals surface area contributed by atoms with E-state index in [4.69, 9.17) is 4.74 Å². The van der Waals surface area contributed by atoms with Crippen LogP contribution in [0.15, 0.2) is 0 Å². The van der Waals surface area contributed by atoms with E-state index in [0.29, 0.717) is 12.0 Å². The Kier molecular flexibility index (Phi) is 2.50. The van der Waals surface area contributed by atoms with Crippen molar-refractivity contribution in [3.8, 4) is 0 Å². The van der Waals surface area contributed by atoms with Crippen LogP contribution in [0.4, 0.5) is 0 Å². The molecular weight excluding hydrogens is 214 g/mol. The van der Waals surface area contributed by atoms with Crippen LogP contribution in [-0.4, -0.2) is 48.5 Å². The van der Waals surface area contributed by atoms with E-state index in [0.717, 1.165) is 31.0 Å². The number of aliphatic hydroxyl groups is 1. The van der Waals surface area contributed by atoms with Crippen LogP contribution in [0.2, 0.25) is 0 Å². The highest BCUT2D eigenvalue weighted by molar-refractivity contribution is 5.10. The van der Waals surface area contributed by atoms with Crippen molar-refractivity contribution in [3.63, 3.8) is 0 Å². The van der Waals surface area contributed by atoms with Crippen molar-refractivity contribution >= 4 is 0 Å². The molecule has 3 nitrogen and oxygen atoms in total. The molecule has 2 saturated carbocycles. The number of hydrogen-bond donors (Lipinski definition) is 1. The van der Waals surface area contributed by atoms with Crippen molar-refractivity contribution in [1.29, 1.82) is 0 Å². The van der Waals surface area contributed by atoms with E-state index in [1.165, 1.54) is 38.8 Å². The Morgan fingerprint density at radius 2 is 1.94 bits per heavy atom. The summed E-state index contributed by atoms with van der Waals surface area (Å²) in [7, 11) is 0. The lowest BCUT2D eigenvalue weighted by molar-refractivity contribution is 0.0233. The SMILES string of the molecule is OC1C2CC3CN(CC4CCOCC4)C1C3C2. The predicted molar refractivity (Wildman–Crippen MR) is 64.6 cm³/mol. The van der Waals surface area contributed by atoms with Gasteiger partial charge in [0, 0.05) is 32.3 Å².